The van der Waals surface area contributed by atoms with Gasteiger partial charge in [-0.15, -0.1) is 0 Å². The Hall–Kier alpha value is -3.45. The van der Waals surface area contributed by atoms with Crippen LogP contribution < -0.4 is 44.7 Å². The maximum absolute atomic E-state index is 13.0. The van der Waals surface area contributed by atoms with Crippen LogP contribution >= 0.6 is 0 Å². The van der Waals surface area contributed by atoms with Gasteiger partial charge in [0.25, 0.3) is 5.91 Å². The molecule has 170 valence electrons. The summed E-state index contributed by atoms with van der Waals surface area (Å²) < 4.78 is 5.90. The maximum atomic E-state index is 13.0. The van der Waals surface area contributed by atoms with Crippen molar-refractivity contribution in [2.24, 2.45) is 0 Å². The van der Waals surface area contributed by atoms with Crippen molar-refractivity contribution in [3.05, 3.63) is 102 Å². The van der Waals surface area contributed by atoms with Crippen LogP contribution in [0.15, 0.2) is 91.3 Å². The first kappa shape index (κ1) is 26.2. The topological polar surface area (TPSA) is 91.4 Å². The average molecular weight is 474 g/mol. The third-order valence-electron chi connectivity index (χ3n) is 5.16. The molecule has 1 heterocycles. The molecular weight excluding hydrogens is 451 g/mol. The Labute approximate surface area is 226 Å². The zero-order valence-corrected chi connectivity index (χ0v) is 21.8. The number of amides is 1. The van der Waals surface area contributed by atoms with E-state index < -0.39 is 11.9 Å². The molecule has 1 N–H and O–H groups in total. The van der Waals surface area contributed by atoms with Gasteiger partial charge in [0, 0.05) is 29.1 Å². The number of carboxylic acids is 1. The van der Waals surface area contributed by atoms with Crippen molar-refractivity contribution < 1.29 is 49.0 Å². The van der Waals surface area contributed by atoms with E-state index in [1.807, 2.05) is 68.4 Å². The van der Waals surface area contributed by atoms with Crippen molar-refractivity contribution in [3.8, 4) is 28.0 Å². The van der Waals surface area contributed by atoms with E-state index in [1.165, 1.54) is 12.3 Å². The number of nitrogens with zero attached hydrogens (tertiary/aromatic N) is 1. The Bertz CT molecular complexity index is 1340. The fourth-order valence-corrected chi connectivity index (χ4v) is 3.60. The number of para-hydroxylation sites is 1. The molecule has 4 rings (SSSR count). The first-order valence-corrected chi connectivity index (χ1v) is 10.9. The van der Waals surface area contributed by atoms with Crippen molar-refractivity contribution in [2.45, 2.75) is 20.0 Å². The first-order valence-electron chi connectivity index (χ1n) is 10.9. The second-order valence-electron chi connectivity index (χ2n) is 7.99. The minimum atomic E-state index is -1.38. The molecule has 0 unspecified atom stereocenters. The smallest absolute Gasteiger partial charge is 0.545 e. The number of carbonyl (C=O) groups is 2. The number of rotatable bonds is 7. The van der Waals surface area contributed by atoms with Gasteiger partial charge in [0.1, 0.15) is 5.75 Å². The molecule has 0 aliphatic carbocycles. The van der Waals surface area contributed by atoms with Gasteiger partial charge in [-0.3, -0.25) is 9.78 Å². The Kier molecular flexibility index (Phi) is 8.82. The van der Waals surface area contributed by atoms with E-state index in [4.69, 9.17) is 4.74 Å². The van der Waals surface area contributed by atoms with E-state index in [0.717, 1.165) is 16.7 Å². The molecule has 0 atom stereocenters. The zero-order chi connectivity index (χ0) is 24.1. The predicted molar refractivity (Wildman–Crippen MR) is 130 cm³/mol. The summed E-state index contributed by atoms with van der Waals surface area (Å²) in [5, 5.41) is 14.5. The van der Waals surface area contributed by atoms with Gasteiger partial charge in [0.05, 0.1) is 23.3 Å². The summed E-state index contributed by atoms with van der Waals surface area (Å²) in [5.74, 6) is -1.20. The van der Waals surface area contributed by atoms with E-state index in [-0.39, 0.29) is 46.9 Å². The normalized spacial score (nSPS) is 10.4. The fraction of sp³-hybridized carbons (Fsp3) is 0.107. The number of carbonyl (C=O) groups excluding carboxylic acids is 2. The Morgan fingerprint density at radius 3 is 2.29 bits per heavy atom. The number of anilines is 1. The SMILES string of the molecule is CC(C)Oc1ccccc1-c1ccc(C(=O)[O-])c(NC(=O)c2cncc(-c3ccccc3)c2)c1.[Na+]. The summed E-state index contributed by atoms with van der Waals surface area (Å²) in [6.45, 7) is 3.86. The molecule has 0 radical (unpaired) electrons. The quantitative estimate of drug-likeness (QED) is 0.413. The Morgan fingerprint density at radius 1 is 0.857 bits per heavy atom. The van der Waals surface area contributed by atoms with E-state index in [2.05, 4.69) is 10.3 Å². The molecule has 1 amide bonds. The van der Waals surface area contributed by atoms with Crippen LogP contribution in [0, 0.1) is 0 Å². The largest absolute Gasteiger partial charge is 1.00 e. The molecule has 0 fully saturated rings. The molecular formula is C28H23N2NaO4. The molecule has 1 aromatic heterocycles. The number of aromatic nitrogens is 1. The average Bonchev–Trinajstić information content (AvgIpc) is 2.84. The van der Waals surface area contributed by atoms with Crippen LogP contribution in [0.2, 0.25) is 0 Å². The van der Waals surface area contributed by atoms with Gasteiger partial charge < -0.3 is 20.0 Å². The third kappa shape index (κ3) is 6.36. The van der Waals surface area contributed by atoms with Crippen LogP contribution in [0.4, 0.5) is 5.69 Å². The fourth-order valence-electron chi connectivity index (χ4n) is 3.60. The van der Waals surface area contributed by atoms with Crippen molar-refractivity contribution in [3.63, 3.8) is 0 Å². The Balaban J connectivity index is 0.00000342. The third-order valence-corrected chi connectivity index (χ3v) is 5.16. The number of benzene rings is 3. The second kappa shape index (κ2) is 11.8. The van der Waals surface area contributed by atoms with Crippen LogP contribution in [-0.2, 0) is 0 Å². The number of pyridine rings is 1. The van der Waals surface area contributed by atoms with Gasteiger partial charge in [-0.1, -0.05) is 60.7 Å². The number of hydrogen-bond acceptors (Lipinski definition) is 5. The van der Waals surface area contributed by atoms with Crippen LogP contribution in [0.3, 0.4) is 0 Å². The molecule has 4 aromatic rings. The molecule has 3 aromatic carbocycles. The van der Waals surface area contributed by atoms with E-state index in [9.17, 15) is 14.7 Å². The minimum Gasteiger partial charge on any atom is -0.545 e. The summed E-state index contributed by atoms with van der Waals surface area (Å²) in [6.07, 6.45) is 3.08. The molecule has 0 saturated carbocycles. The van der Waals surface area contributed by atoms with Gasteiger partial charge in [-0.2, -0.15) is 0 Å². The molecule has 0 spiro atoms. The van der Waals surface area contributed by atoms with Gasteiger partial charge >= 0.3 is 29.6 Å². The molecule has 6 nitrogen and oxygen atoms in total. The van der Waals surface area contributed by atoms with Crippen LogP contribution in [0.5, 0.6) is 5.75 Å². The van der Waals surface area contributed by atoms with E-state index >= 15 is 0 Å². The number of ether oxygens (including phenoxy) is 1. The summed E-state index contributed by atoms with van der Waals surface area (Å²) in [4.78, 5) is 29.0. The van der Waals surface area contributed by atoms with Gasteiger partial charge in [0.2, 0.25) is 0 Å². The van der Waals surface area contributed by atoms with Crippen LogP contribution in [-0.4, -0.2) is 23.0 Å². The van der Waals surface area contributed by atoms with Crippen LogP contribution in [0.1, 0.15) is 34.6 Å². The van der Waals surface area contributed by atoms with Crippen LogP contribution in [0.25, 0.3) is 22.3 Å². The van der Waals surface area contributed by atoms with E-state index in [1.54, 1.807) is 24.4 Å². The second-order valence-corrected chi connectivity index (χ2v) is 7.99. The molecule has 7 heteroatoms. The Morgan fingerprint density at radius 2 is 1.57 bits per heavy atom. The minimum absolute atomic E-state index is 0. The number of carboxylic acid groups (broad SMARTS) is 1. The molecule has 0 aliphatic rings. The standard InChI is InChI=1S/C28H24N2O4.Na/c1-18(2)34-26-11-7-6-10-23(26)20-12-13-24(28(32)33)25(15-20)30-27(31)22-14-21(16-29-17-22)19-8-4-3-5-9-19;/h3-18H,1-2H3,(H,30,31)(H,32,33);/q;+1/p-1. The van der Waals surface area contributed by atoms with Crippen molar-refractivity contribution in [1.29, 1.82) is 0 Å². The predicted octanol–water partition coefficient (Wildman–Crippen LogP) is 1.82. The molecule has 0 saturated heterocycles. The van der Waals surface area contributed by atoms with Crippen molar-refractivity contribution in [2.75, 3.05) is 5.32 Å². The van der Waals surface area contributed by atoms with E-state index in [0.29, 0.717) is 16.9 Å². The maximum Gasteiger partial charge on any atom is 1.00 e. The molecule has 35 heavy (non-hydrogen) atoms. The van der Waals surface area contributed by atoms with Gasteiger partial charge in [-0.25, -0.2) is 0 Å². The number of aromatic carboxylic acids is 1. The summed E-state index contributed by atoms with van der Waals surface area (Å²) in [5.41, 5.74) is 3.50. The molecule has 0 bridgehead atoms. The van der Waals surface area contributed by atoms with Crippen molar-refractivity contribution >= 4 is 17.6 Å². The zero-order valence-electron chi connectivity index (χ0n) is 19.8. The summed E-state index contributed by atoms with van der Waals surface area (Å²) in [7, 11) is 0. The monoisotopic (exact) mass is 474 g/mol. The summed E-state index contributed by atoms with van der Waals surface area (Å²) >= 11 is 0. The summed E-state index contributed by atoms with van der Waals surface area (Å²) in [6, 6.07) is 23.4. The van der Waals surface area contributed by atoms with Gasteiger partial charge in [-0.05, 0) is 43.2 Å². The number of nitrogens with one attached hydrogen (secondary N) is 1. The number of hydrogen-bond donors (Lipinski definition) is 1. The first-order chi connectivity index (χ1) is 16.4. The molecule has 0 aliphatic heterocycles. The van der Waals surface area contributed by atoms with Gasteiger partial charge in [0.15, 0.2) is 0 Å². The van der Waals surface area contributed by atoms with Crippen molar-refractivity contribution in [1.82, 2.24) is 4.98 Å².